The summed E-state index contributed by atoms with van der Waals surface area (Å²) in [5, 5.41) is 0. The molecule has 0 unspecified atom stereocenters. The minimum atomic E-state index is -0.0852. The fourth-order valence-electron chi connectivity index (χ4n) is 3.64. The van der Waals surface area contributed by atoms with Crippen LogP contribution in [0.3, 0.4) is 0 Å². The SMILES string of the molecule is CCOc1ccc(CC(=O)N2CCCN(C(=O)c3cc(OC)cc(OC)c3)CC2)cc1. The predicted octanol–water partition coefficient (Wildman–Crippen LogP) is 3.02. The number of benzene rings is 2. The van der Waals surface area contributed by atoms with Gasteiger partial charge in [0.1, 0.15) is 17.2 Å². The molecule has 0 spiro atoms. The van der Waals surface area contributed by atoms with Gasteiger partial charge in [0.15, 0.2) is 0 Å². The average Bonchev–Trinajstić information content (AvgIpc) is 3.06. The molecule has 7 heteroatoms. The first-order valence-corrected chi connectivity index (χ1v) is 10.6. The zero-order valence-electron chi connectivity index (χ0n) is 18.4. The molecule has 166 valence electrons. The van der Waals surface area contributed by atoms with Gasteiger partial charge < -0.3 is 24.0 Å². The van der Waals surface area contributed by atoms with E-state index in [1.165, 1.54) is 0 Å². The van der Waals surface area contributed by atoms with Gasteiger partial charge in [0.2, 0.25) is 5.91 Å². The molecule has 31 heavy (non-hydrogen) atoms. The third-order valence-electron chi connectivity index (χ3n) is 5.32. The molecule has 0 bridgehead atoms. The summed E-state index contributed by atoms with van der Waals surface area (Å²) in [6, 6.07) is 12.8. The first kappa shape index (κ1) is 22.5. The normalized spacial score (nSPS) is 14.0. The maximum Gasteiger partial charge on any atom is 0.254 e. The van der Waals surface area contributed by atoms with E-state index in [9.17, 15) is 9.59 Å². The van der Waals surface area contributed by atoms with E-state index in [-0.39, 0.29) is 11.8 Å². The van der Waals surface area contributed by atoms with E-state index in [1.807, 2.05) is 36.1 Å². The lowest BCUT2D eigenvalue weighted by Gasteiger charge is -2.22. The number of hydrogen-bond donors (Lipinski definition) is 0. The molecule has 2 aromatic rings. The molecule has 0 atom stereocenters. The first-order chi connectivity index (χ1) is 15.0. The summed E-state index contributed by atoms with van der Waals surface area (Å²) < 4.78 is 16.0. The number of ether oxygens (including phenoxy) is 3. The standard InChI is InChI=1S/C24H30N2O5/c1-4-31-20-8-6-18(7-9-20)14-23(27)25-10-5-11-26(13-12-25)24(28)19-15-21(29-2)17-22(16-19)30-3/h6-9,15-17H,4-5,10-14H2,1-3H3. The number of hydrogen-bond acceptors (Lipinski definition) is 5. The highest BCUT2D eigenvalue weighted by molar-refractivity contribution is 5.95. The van der Waals surface area contributed by atoms with Crippen LogP contribution in [-0.2, 0) is 11.2 Å². The summed E-state index contributed by atoms with van der Waals surface area (Å²) >= 11 is 0. The summed E-state index contributed by atoms with van der Waals surface area (Å²) in [7, 11) is 3.12. The zero-order valence-corrected chi connectivity index (χ0v) is 18.4. The van der Waals surface area contributed by atoms with Gasteiger partial charge in [-0.25, -0.2) is 0 Å². The van der Waals surface area contributed by atoms with Crippen molar-refractivity contribution in [3.05, 3.63) is 53.6 Å². The fourth-order valence-corrected chi connectivity index (χ4v) is 3.64. The lowest BCUT2D eigenvalue weighted by molar-refractivity contribution is -0.130. The van der Waals surface area contributed by atoms with E-state index in [4.69, 9.17) is 14.2 Å². The van der Waals surface area contributed by atoms with E-state index >= 15 is 0 Å². The van der Waals surface area contributed by atoms with Crippen molar-refractivity contribution < 1.29 is 23.8 Å². The van der Waals surface area contributed by atoms with Crippen LogP contribution in [0.25, 0.3) is 0 Å². The van der Waals surface area contributed by atoms with Crippen molar-refractivity contribution in [1.82, 2.24) is 9.80 Å². The van der Waals surface area contributed by atoms with Gasteiger partial charge in [-0.05, 0) is 43.2 Å². The Bertz CT molecular complexity index is 875. The Balaban J connectivity index is 1.60. The number of methoxy groups -OCH3 is 2. The highest BCUT2D eigenvalue weighted by Crippen LogP contribution is 2.24. The van der Waals surface area contributed by atoms with Gasteiger partial charge in [-0.2, -0.15) is 0 Å². The van der Waals surface area contributed by atoms with Crippen LogP contribution in [0.4, 0.5) is 0 Å². The van der Waals surface area contributed by atoms with Crippen LogP contribution in [0.2, 0.25) is 0 Å². The van der Waals surface area contributed by atoms with Gasteiger partial charge in [0, 0.05) is 37.8 Å². The van der Waals surface area contributed by atoms with Gasteiger partial charge in [0.05, 0.1) is 27.2 Å². The summed E-state index contributed by atoms with van der Waals surface area (Å²) in [6.07, 6.45) is 1.08. The Morgan fingerprint density at radius 2 is 1.45 bits per heavy atom. The summed E-state index contributed by atoms with van der Waals surface area (Å²) in [5.41, 5.74) is 1.47. The second-order valence-corrected chi connectivity index (χ2v) is 7.38. The zero-order chi connectivity index (χ0) is 22.2. The van der Waals surface area contributed by atoms with Crippen molar-refractivity contribution in [2.45, 2.75) is 19.8 Å². The Morgan fingerprint density at radius 3 is 2.06 bits per heavy atom. The second kappa shape index (κ2) is 10.7. The van der Waals surface area contributed by atoms with Crippen molar-refractivity contribution >= 4 is 11.8 Å². The molecular weight excluding hydrogens is 396 g/mol. The van der Waals surface area contributed by atoms with Crippen LogP contribution in [0.5, 0.6) is 17.2 Å². The van der Waals surface area contributed by atoms with Crippen LogP contribution < -0.4 is 14.2 Å². The summed E-state index contributed by atoms with van der Waals surface area (Å²) in [5.74, 6) is 1.94. The number of carbonyl (C=O) groups is 2. The fraction of sp³-hybridized carbons (Fsp3) is 0.417. The van der Waals surface area contributed by atoms with Crippen LogP contribution in [0, 0.1) is 0 Å². The number of nitrogens with zero attached hydrogens (tertiary/aromatic N) is 2. The van der Waals surface area contributed by atoms with Crippen LogP contribution in [0.15, 0.2) is 42.5 Å². The monoisotopic (exact) mass is 426 g/mol. The van der Waals surface area contributed by atoms with Crippen molar-refractivity contribution in [2.75, 3.05) is 47.0 Å². The maximum absolute atomic E-state index is 13.0. The molecule has 1 aliphatic rings. The highest BCUT2D eigenvalue weighted by Gasteiger charge is 2.23. The van der Waals surface area contributed by atoms with E-state index in [2.05, 4.69) is 0 Å². The molecule has 1 heterocycles. The minimum absolute atomic E-state index is 0.0708. The van der Waals surface area contributed by atoms with Gasteiger partial charge in [-0.3, -0.25) is 9.59 Å². The first-order valence-electron chi connectivity index (χ1n) is 10.6. The number of amides is 2. The predicted molar refractivity (Wildman–Crippen MR) is 118 cm³/mol. The topological polar surface area (TPSA) is 68.3 Å². The Hall–Kier alpha value is -3.22. The van der Waals surface area contributed by atoms with Crippen molar-refractivity contribution in [3.63, 3.8) is 0 Å². The van der Waals surface area contributed by atoms with Crippen molar-refractivity contribution in [2.24, 2.45) is 0 Å². The number of rotatable bonds is 7. The summed E-state index contributed by atoms with van der Waals surface area (Å²) in [6.45, 7) is 4.81. The molecule has 2 aromatic carbocycles. The van der Waals surface area contributed by atoms with E-state index < -0.39 is 0 Å². The van der Waals surface area contributed by atoms with Crippen LogP contribution in [0.1, 0.15) is 29.3 Å². The Morgan fingerprint density at radius 1 is 0.839 bits per heavy atom. The van der Waals surface area contributed by atoms with Crippen molar-refractivity contribution in [3.8, 4) is 17.2 Å². The smallest absolute Gasteiger partial charge is 0.254 e. The third kappa shape index (κ3) is 5.90. The lowest BCUT2D eigenvalue weighted by Crippen LogP contribution is -2.38. The van der Waals surface area contributed by atoms with E-state index in [0.29, 0.717) is 56.3 Å². The quantitative estimate of drug-likeness (QED) is 0.681. The molecule has 1 aliphatic heterocycles. The van der Waals surface area contributed by atoms with Gasteiger partial charge in [-0.1, -0.05) is 12.1 Å². The minimum Gasteiger partial charge on any atom is -0.497 e. The largest absolute Gasteiger partial charge is 0.497 e. The second-order valence-electron chi connectivity index (χ2n) is 7.38. The molecule has 0 aromatic heterocycles. The van der Waals surface area contributed by atoms with Gasteiger partial charge in [-0.15, -0.1) is 0 Å². The molecule has 1 fully saturated rings. The Labute approximate surface area is 183 Å². The molecule has 0 radical (unpaired) electrons. The molecule has 0 aliphatic carbocycles. The highest BCUT2D eigenvalue weighted by atomic mass is 16.5. The lowest BCUT2D eigenvalue weighted by atomic mass is 10.1. The van der Waals surface area contributed by atoms with Crippen LogP contribution >= 0.6 is 0 Å². The molecular formula is C24H30N2O5. The number of carbonyl (C=O) groups excluding carboxylic acids is 2. The third-order valence-corrected chi connectivity index (χ3v) is 5.32. The molecule has 0 saturated carbocycles. The van der Waals surface area contributed by atoms with Gasteiger partial charge in [0.25, 0.3) is 5.91 Å². The molecule has 3 rings (SSSR count). The van der Waals surface area contributed by atoms with Gasteiger partial charge >= 0.3 is 0 Å². The van der Waals surface area contributed by atoms with Crippen molar-refractivity contribution in [1.29, 1.82) is 0 Å². The van der Waals surface area contributed by atoms with E-state index in [0.717, 1.165) is 17.7 Å². The summed E-state index contributed by atoms with van der Waals surface area (Å²) in [4.78, 5) is 29.5. The molecule has 2 amide bonds. The maximum atomic E-state index is 13.0. The van der Waals surface area contributed by atoms with E-state index in [1.54, 1.807) is 37.3 Å². The molecule has 7 nitrogen and oxygen atoms in total. The molecule has 0 N–H and O–H groups in total. The average molecular weight is 427 g/mol. The molecule has 1 saturated heterocycles. The Kier molecular flexibility index (Phi) is 7.76. The van der Waals surface area contributed by atoms with Crippen LogP contribution in [-0.4, -0.2) is 68.6 Å².